The van der Waals surface area contributed by atoms with Crippen LogP contribution in [0.25, 0.3) is 0 Å². The van der Waals surface area contributed by atoms with E-state index in [1.807, 2.05) is 62.6 Å². The quantitative estimate of drug-likeness (QED) is 0.701. The number of ether oxygens (including phenoxy) is 1. The van der Waals surface area contributed by atoms with Gasteiger partial charge < -0.3 is 15.0 Å². The molecule has 5 heteroatoms. The second-order valence-corrected chi connectivity index (χ2v) is 8.16. The second kappa shape index (κ2) is 9.44. The minimum absolute atomic E-state index is 0.0292. The predicted molar refractivity (Wildman–Crippen MR) is 115 cm³/mol. The predicted octanol–water partition coefficient (Wildman–Crippen LogP) is 5.12. The van der Waals surface area contributed by atoms with Crippen LogP contribution in [-0.4, -0.2) is 38.1 Å². The smallest absolute Gasteiger partial charge is 0.235 e. The Morgan fingerprint density at radius 1 is 1.07 bits per heavy atom. The summed E-state index contributed by atoms with van der Waals surface area (Å²) in [5.41, 5.74) is 1.16. The molecular weight excluding hydrogens is 372 g/mol. The van der Waals surface area contributed by atoms with E-state index in [2.05, 4.69) is 10.2 Å². The molecule has 1 aliphatic rings. The van der Waals surface area contributed by atoms with Crippen molar-refractivity contribution in [1.82, 2.24) is 4.90 Å². The standard InChI is InChI=1S/C23H29ClN2O2/c1-26(2)16-17-28-19-12-10-18(11-13-19)25-22(27)23(14-6-3-7-15-23)20-8-4-5-9-21(20)24/h4-5,8-13H,3,6-7,14-17H2,1-2H3,(H,25,27). The topological polar surface area (TPSA) is 41.6 Å². The Morgan fingerprint density at radius 3 is 2.39 bits per heavy atom. The van der Waals surface area contributed by atoms with E-state index in [0.29, 0.717) is 11.6 Å². The molecule has 2 aromatic rings. The molecule has 0 atom stereocenters. The lowest BCUT2D eigenvalue weighted by molar-refractivity contribution is -0.122. The van der Waals surface area contributed by atoms with Crippen LogP contribution in [0.3, 0.4) is 0 Å². The molecule has 0 bridgehead atoms. The van der Waals surface area contributed by atoms with Crippen molar-refractivity contribution in [2.45, 2.75) is 37.5 Å². The summed E-state index contributed by atoms with van der Waals surface area (Å²) in [6.45, 7) is 1.49. The Balaban J connectivity index is 1.73. The maximum Gasteiger partial charge on any atom is 0.235 e. The highest BCUT2D eigenvalue weighted by molar-refractivity contribution is 6.31. The molecule has 1 aliphatic carbocycles. The molecule has 1 N–H and O–H groups in total. The number of anilines is 1. The van der Waals surface area contributed by atoms with Crippen molar-refractivity contribution in [2.24, 2.45) is 0 Å². The largest absolute Gasteiger partial charge is 0.492 e. The minimum atomic E-state index is -0.558. The normalized spacial score (nSPS) is 16.0. The molecule has 0 radical (unpaired) electrons. The molecule has 1 amide bonds. The van der Waals surface area contributed by atoms with Crippen molar-refractivity contribution in [3.05, 3.63) is 59.1 Å². The highest BCUT2D eigenvalue weighted by Crippen LogP contribution is 2.43. The van der Waals surface area contributed by atoms with Crippen molar-refractivity contribution in [3.8, 4) is 5.75 Å². The summed E-state index contributed by atoms with van der Waals surface area (Å²) >= 11 is 6.49. The summed E-state index contributed by atoms with van der Waals surface area (Å²) in [5.74, 6) is 0.833. The summed E-state index contributed by atoms with van der Waals surface area (Å²) in [5, 5.41) is 3.79. The van der Waals surface area contributed by atoms with Gasteiger partial charge in [-0.15, -0.1) is 0 Å². The molecule has 0 heterocycles. The fourth-order valence-electron chi connectivity index (χ4n) is 3.85. The molecule has 1 fully saturated rings. The molecule has 0 aliphatic heterocycles. The molecule has 150 valence electrons. The summed E-state index contributed by atoms with van der Waals surface area (Å²) in [4.78, 5) is 15.4. The van der Waals surface area contributed by atoms with E-state index in [4.69, 9.17) is 16.3 Å². The van der Waals surface area contributed by atoms with Crippen LogP contribution in [0.2, 0.25) is 5.02 Å². The third-order valence-electron chi connectivity index (χ3n) is 5.45. The molecular formula is C23H29ClN2O2. The third-order valence-corrected chi connectivity index (χ3v) is 5.78. The van der Waals surface area contributed by atoms with E-state index in [1.54, 1.807) is 0 Å². The van der Waals surface area contributed by atoms with Crippen LogP contribution in [0.1, 0.15) is 37.7 Å². The van der Waals surface area contributed by atoms with Gasteiger partial charge in [0, 0.05) is 17.3 Å². The summed E-state index contributed by atoms with van der Waals surface area (Å²) in [6, 6.07) is 15.3. The van der Waals surface area contributed by atoms with Crippen molar-refractivity contribution >= 4 is 23.2 Å². The van der Waals surface area contributed by atoms with Gasteiger partial charge in [0.2, 0.25) is 5.91 Å². The van der Waals surface area contributed by atoms with E-state index in [0.717, 1.165) is 49.2 Å². The van der Waals surface area contributed by atoms with Gasteiger partial charge in [-0.3, -0.25) is 4.79 Å². The average Bonchev–Trinajstić information content (AvgIpc) is 2.70. The first-order chi connectivity index (χ1) is 13.5. The van der Waals surface area contributed by atoms with E-state index < -0.39 is 5.41 Å². The lowest BCUT2D eigenvalue weighted by Gasteiger charge is -2.37. The van der Waals surface area contributed by atoms with E-state index >= 15 is 0 Å². The summed E-state index contributed by atoms with van der Waals surface area (Å²) in [6.07, 6.45) is 4.90. The fraction of sp³-hybridized carbons (Fsp3) is 0.435. The Morgan fingerprint density at radius 2 is 1.75 bits per heavy atom. The maximum atomic E-state index is 13.4. The van der Waals surface area contributed by atoms with Gasteiger partial charge in [0.25, 0.3) is 0 Å². The van der Waals surface area contributed by atoms with Crippen LogP contribution < -0.4 is 10.1 Å². The number of nitrogens with zero attached hydrogens (tertiary/aromatic N) is 1. The van der Waals surface area contributed by atoms with Crippen LogP contribution in [0.4, 0.5) is 5.69 Å². The first kappa shape index (κ1) is 20.7. The number of carbonyl (C=O) groups excluding carboxylic acids is 1. The maximum absolute atomic E-state index is 13.4. The molecule has 0 saturated heterocycles. The zero-order valence-electron chi connectivity index (χ0n) is 16.7. The third kappa shape index (κ3) is 4.86. The second-order valence-electron chi connectivity index (χ2n) is 7.75. The molecule has 1 saturated carbocycles. The van der Waals surface area contributed by atoms with Gasteiger partial charge in [0.1, 0.15) is 12.4 Å². The Hall–Kier alpha value is -2.04. The Labute approximate surface area is 172 Å². The Bertz CT molecular complexity index is 783. The SMILES string of the molecule is CN(C)CCOc1ccc(NC(=O)C2(c3ccccc3Cl)CCCCC2)cc1. The molecule has 28 heavy (non-hydrogen) atoms. The number of amides is 1. The highest BCUT2D eigenvalue weighted by Gasteiger charge is 2.42. The summed E-state index contributed by atoms with van der Waals surface area (Å²) < 4.78 is 5.73. The number of hydrogen-bond acceptors (Lipinski definition) is 3. The van der Waals surface area contributed by atoms with Gasteiger partial charge in [-0.2, -0.15) is 0 Å². The minimum Gasteiger partial charge on any atom is -0.492 e. The number of rotatable bonds is 7. The number of benzene rings is 2. The average molecular weight is 401 g/mol. The van der Waals surface area contributed by atoms with Gasteiger partial charge in [-0.1, -0.05) is 49.1 Å². The van der Waals surface area contributed by atoms with Gasteiger partial charge in [-0.05, 0) is 62.8 Å². The monoisotopic (exact) mass is 400 g/mol. The fourth-order valence-corrected chi connectivity index (χ4v) is 4.17. The van der Waals surface area contributed by atoms with Crippen LogP contribution in [0.5, 0.6) is 5.75 Å². The van der Waals surface area contributed by atoms with E-state index in [-0.39, 0.29) is 5.91 Å². The van der Waals surface area contributed by atoms with Gasteiger partial charge >= 0.3 is 0 Å². The van der Waals surface area contributed by atoms with Crippen LogP contribution >= 0.6 is 11.6 Å². The number of carbonyl (C=O) groups is 1. The molecule has 0 aromatic heterocycles. The first-order valence-electron chi connectivity index (χ1n) is 9.95. The zero-order chi connectivity index (χ0) is 20.0. The van der Waals surface area contributed by atoms with Crippen LogP contribution in [-0.2, 0) is 10.2 Å². The van der Waals surface area contributed by atoms with Gasteiger partial charge in [0.05, 0.1) is 5.41 Å². The first-order valence-corrected chi connectivity index (χ1v) is 10.3. The Kier molecular flexibility index (Phi) is 6.97. The van der Waals surface area contributed by atoms with Gasteiger partial charge in [0.15, 0.2) is 0 Å². The lowest BCUT2D eigenvalue weighted by atomic mass is 9.68. The molecule has 0 unspecified atom stereocenters. The number of likely N-dealkylation sites (N-methyl/N-ethyl adjacent to an activating group) is 1. The van der Waals surface area contributed by atoms with Crippen LogP contribution in [0, 0.1) is 0 Å². The lowest BCUT2D eigenvalue weighted by Crippen LogP contribution is -2.42. The zero-order valence-corrected chi connectivity index (χ0v) is 17.5. The molecule has 4 nitrogen and oxygen atoms in total. The van der Waals surface area contributed by atoms with E-state index in [1.165, 1.54) is 6.42 Å². The van der Waals surface area contributed by atoms with Crippen molar-refractivity contribution in [2.75, 3.05) is 32.6 Å². The summed E-state index contributed by atoms with van der Waals surface area (Å²) in [7, 11) is 4.03. The van der Waals surface area contributed by atoms with Crippen molar-refractivity contribution in [3.63, 3.8) is 0 Å². The van der Waals surface area contributed by atoms with Gasteiger partial charge in [-0.25, -0.2) is 0 Å². The molecule has 3 rings (SSSR count). The van der Waals surface area contributed by atoms with E-state index in [9.17, 15) is 4.79 Å². The molecule has 2 aromatic carbocycles. The number of nitrogens with one attached hydrogen (secondary N) is 1. The molecule has 0 spiro atoms. The number of halogens is 1. The highest BCUT2D eigenvalue weighted by atomic mass is 35.5. The van der Waals surface area contributed by atoms with Crippen LogP contribution in [0.15, 0.2) is 48.5 Å². The number of hydrogen-bond donors (Lipinski definition) is 1. The van der Waals surface area contributed by atoms with Crippen molar-refractivity contribution in [1.29, 1.82) is 0 Å². The van der Waals surface area contributed by atoms with Crippen molar-refractivity contribution < 1.29 is 9.53 Å².